The van der Waals surface area contributed by atoms with Gasteiger partial charge in [0.05, 0.1) is 4.88 Å². The lowest BCUT2D eigenvalue weighted by molar-refractivity contribution is 0.0711. The zero-order chi connectivity index (χ0) is 16.1. The summed E-state index contributed by atoms with van der Waals surface area (Å²) in [6.45, 7) is 0.738. The van der Waals surface area contributed by atoms with Crippen LogP contribution in [0.2, 0.25) is 0 Å². The molecule has 0 aliphatic heterocycles. The van der Waals surface area contributed by atoms with Crippen LogP contribution in [0.4, 0.5) is 5.69 Å². The Hall–Kier alpha value is -2.70. The van der Waals surface area contributed by atoms with Gasteiger partial charge in [0.25, 0.3) is 5.91 Å². The molecule has 3 aromatic rings. The van der Waals surface area contributed by atoms with Crippen molar-refractivity contribution in [2.75, 3.05) is 5.32 Å². The number of carbonyl (C=O) groups excluding carboxylic acids is 1. The minimum absolute atomic E-state index is 0.474. The molecular weight excluding hydrogens is 310 g/mol. The highest BCUT2D eigenvalue weighted by Crippen LogP contribution is 2.29. The SMILES string of the molecule is O=C(NO)c1ccc(-c2ccc(NCc3ccncc3)cc2)s1. The molecule has 5 nitrogen and oxygen atoms in total. The van der Waals surface area contributed by atoms with Crippen LogP contribution in [0.1, 0.15) is 15.2 Å². The molecule has 0 radical (unpaired) electrons. The molecule has 0 bridgehead atoms. The second kappa shape index (κ2) is 7.04. The lowest BCUT2D eigenvalue weighted by atomic mass is 10.1. The second-order valence-electron chi connectivity index (χ2n) is 4.89. The third-order valence-corrected chi connectivity index (χ3v) is 4.48. The van der Waals surface area contributed by atoms with E-state index >= 15 is 0 Å². The summed E-state index contributed by atoms with van der Waals surface area (Å²) in [6, 6.07) is 15.5. The first-order valence-corrected chi connectivity index (χ1v) is 7.85. The number of benzene rings is 1. The fourth-order valence-electron chi connectivity index (χ4n) is 2.13. The van der Waals surface area contributed by atoms with Gasteiger partial charge < -0.3 is 5.32 Å². The first-order valence-electron chi connectivity index (χ1n) is 7.04. The summed E-state index contributed by atoms with van der Waals surface area (Å²) < 4.78 is 0. The molecule has 3 rings (SSSR count). The number of thiophene rings is 1. The molecule has 0 unspecified atom stereocenters. The molecule has 0 aliphatic carbocycles. The Balaban J connectivity index is 1.67. The molecule has 0 saturated carbocycles. The monoisotopic (exact) mass is 325 g/mol. The summed E-state index contributed by atoms with van der Waals surface area (Å²) in [5.74, 6) is -0.489. The number of anilines is 1. The number of aromatic nitrogens is 1. The Morgan fingerprint density at radius 3 is 2.48 bits per heavy atom. The van der Waals surface area contributed by atoms with E-state index in [2.05, 4.69) is 10.3 Å². The van der Waals surface area contributed by atoms with Gasteiger partial charge in [-0.2, -0.15) is 0 Å². The summed E-state index contributed by atoms with van der Waals surface area (Å²) in [6.07, 6.45) is 3.55. The van der Waals surface area contributed by atoms with Gasteiger partial charge in [0.2, 0.25) is 0 Å². The number of carbonyl (C=O) groups is 1. The molecule has 1 aromatic carbocycles. The Bertz CT molecular complexity index is 785. The van der Waals surface area contributed by atoms with Gasteiger partial charge in [-0.1, -0.05) is 12.1 Å². The number of hydrogen-bond donors (Lipinski definition) is 3. The third kappa shape index (κ3) is 3.74. The summed E-state index contributed by atoms with van der Waals surface area (Å²) in [7, 11) is 0. The summed E-state index contributed by atoms with van der Waals surface area (Å²) in [5, 5.41) is 12.0. The Morgan fingerprint density at radius 2 is 1.78 bits per heavy atom. The number of rotatable bonds is 5. The molecule has 6 heteroatoms. The van der Waals surface area contributed by atoms with Gasteiger partial charge in [0.1, 0.15) is 0 Å². The lowest BCUT2D eigenvalue weighted by Gasteiger charge is -2.07. The van der Waals surface area contributed by atoms with Gasteiger partial charge in [-0.3, -0.25) is 15.0 Å². The standard InChI is InChI=1S/C17H15N3O2S/c21-17(20-22)16-6-5-15(23-16)13-1-3-14(4-2-13)19-11-12-7-9-18-10-8-12/h1-10,19,22H,11H2,(H,20,21). The molecule has 2 heterocycles. The number of nitrogens with zero attached hydrogens (tertiary/aromatic N) is 1. The Kier molecular flexibility index (Phi) is 4.65. The van der Waals surface area contributed by atoms with Crippen molar-refractivity contribution in [3.05, 3.63) is 71.4 Å². The minimum atomic E-state index is -0.489. The Labute approximate surface area is 137 Å². The number of nitrogens with one attached hydrogen (secondary N) is 2. The van der Waals surface area contributed by atoms with Crippen LogP contribution >= 0.6 is 11.3 Å². The van der Waals surface area contributed by atoms with Crippen molar-refractivity contribution in [1.29, 1.82) is 0 Å². The number of hydrogen-bond acceptors (Lipinski definition) is 5. The van der Waals surface area contributed by atoms with Gasteiger partial charge >= 0.3 is 0 Å². The van der Waals surface area contributed by atoms with Crippen molar-refractivity contribution < 1.29 is 10.0 Å². The molecule has 2 aromatic heterocycles. The highest BCUT2D eigenvalue weighted by atomic mass is 32.1. The van der Waals surface area contributed by atoms with E-state index in [-0.39, 0.29) is 0 Å². The lowest BCUT2D eigenvalue weighted by Crippen LogP contribution is -2.16. The van der Waals surface area contributed by atoms with Gasteiger partial charge in [0, 0.05) is 29.5 Å². The maximum absolute atomic E-state index is 11.4. The normalized spacial score (nSPS) is 10.3. The molecule has 1 amide bonds. The van der Waals surface area contributed by atoms with E-state index in [0.717, 1.165) is 22.7 Å². The second-order valence-corrected chi connectivity index (χ2v) is 5.97. The maximum atomic E-state index is 11.4. The van der Waals surface area contributed by atoms with E-state index in [9.17, 15) is 4.79 Å². The highest BCUT2D eigenvalue weighted by molar-refractivity contribution is 7.17. The molecular formula is C17H15N3O2S. The van der Waals surface area contributed by atoms with Gasteiger partial charge in [0.15, 0.2) is 0 Å². The van der Waals surface area contributed by atoms with E-state index < -0.39 is 5.91 Å². The molecule has 0 atom stereocenters. The van der Waals surface area contributed by atoms with Crippen molar-refractivity contribution in [3.63, 3.8) is 0 Å². The fourth-order valence-corrected chi connectivity index (χ4v) is 3.03. The van der Waals surface area contributed by atoms with Crippen molar-refractivity contribution in [2.45, 2.75) is 6.54 Å². The van der Waals surface area contributed by atoms with Crippen LogP contribution in [0.3, 0.4) is 0 Å². The van der Waals surface area contributed by atoms with Gasteiger partial charge in [-0.25, -0.2) is 5.48 Å². The molecule has 0 spiro atoms. The predicted molar refractivity (Wildman–Crippen MR) is 90.6 cm³/mol. The summed E-state index contributed by atoms with van der Waals surface area (Å²) >= 11 is 1.34. The summed E-state index contributed by atoms with van der Waals surface area (Å²) in [5.41, 5.74) is 4.87. The number of amides is 1. The van der Waals surface area contributed by atoms with E-state index in [1.54, 1.807) is 23.9 Å². The van der Waals surface area contributed by atoms with Crippen molar-refractivity contribution in [2.24, 2.45) is 0 Å². The molecule has 0 fully saturated rings. The average molecular weight is 325 g/mol. The van der Waals surface area contributed by atoms with Crippen LogP contribution in [0.5, 0.6) is 0 Å². The van der Waals surface area contributed by atoms with E-state index in [0.29, 0.717) is 4.88 Å². The van der Waals surface area contributed by atoms with Crippen molar-refractivity contribution in [1.82, 2.24) is 10.5 Å². The predicted octanol–water partition coefficient (Wildman–Crippen LogP) is 3.54. The van der Waals surface area contributed by atoms with Gasteiger partial charge in [-0.05, 0) is 47.5 Å². The summed E-state index contributed by atoms with van der Waals surface area (Å²) in [4.78, 5) is 16.8. The van der Waals surface area contributed by atoms with Gasteiger partial charge in [-0.15, -0.1) is 11.3 Å². The number of hydroxylamine groups is 1. The molecule has 3 N–H and O–H groups in total. The van der Waals surface area contributed by atoms with Crippen LogP contribution in [-0.4, -0.2) is 16.1 Å². The zero-order valence-corrected chi connectivity index (χ0v) is 13.0. The Morgan fingerprint density at radius 1 is 1.04 bits per heavy atom. The van der Waals surface area contributed by atoms with E-state index in [4.69, 9.17) is 5.21 Å². The molecule has 116 valence electrons. The fraction of sp³-hybridized carbons (Fsp3) is 0.0588. The first kappa shape index (κ1) is 15.2. The van der Waals surface area contributed by atoms with Crippen molar-refractivity contribution in [3.8, 4) is 10.4 Å². The first-order chi connectivity index (χ1) is 11.3. The molecule has 0 aliphatic rings. The smallest absolute Gasteiger partial charge is 0.284 e. The van der Waals surface area contributed by atoms with Crippen LogP contribution in [0.15, 0.2) is 60.9 Å². The van der Waals surface area contributed by atoms with Crippen LogP contribution < -0.4 is 10.8 Å². The largest absolute Gasteiger partial charge is 0.381 e. The van der Waals surface area contributed by atoms with Crippen LogP contribution in [0.25, 0.3) is 10.4 Å². The minimum Gasteiger partial charge on any atom is -0.381 e. The van der Waals surface area contributed by atoms with Crippen LogP contribution in [0, 0.1) is 0 Å². The quantitative estimate of drug-likeness (QED) is 0.495. The van der Waals surface area contributed by atoms with E-state index in [1.807, 2.05) is 42.5 Å². The number of pyridine rings is 1. The average Bonchev–Trinajstić information content (AvgIpc) is 3.11. The van der Waals surface area contributed by atoms with Crippen LogP contribution in [-0.2, 0) is 6.54 Å². The topological polar surface area (TPSA) is 74.2 Å². The maximum Gasteiger partial charge on any atom is 0.284 e. The highest BCUT2D eigenvalue weighted by Gasteiger charge is 2.09. The zero-order valence-electron chi connectivity index (χ0n) is 12.2. The third-order valence-electron chi connectivity index (χ3n) is 3.35. The van der Waals surface area contributed by atoms with E-state index in [1.165, 1.54) is 16.9 Å². The molecule has 0 saturated heterocycles. The molecule has 23 heavy (non-hydrogen) atoms. The van der Waals surface area contributed by atoms with Crippen molar-refractivity contribution >= 4 is 22.9 Å².